The van der Waals surface area contributed by atoms with Crippen molar-refractivity contribution in [2.24, 2.45) is 11.7 Å². The molecule has 0 radical (unpaired) electrons. The predicted molar refractivity (Wildman–Crippen MR) is 73.9 cm³/mol. The highest BCUT2D eigenvalue weighted by atomic mass is 14.9. The molecular weight excluding hydrogens is 222 g/mol. The van der Waals surface area contributed by atoms with Crippen molar-refractivity contribution < 1.29 is 0 Å². The standard InChI is InChI=1S/C15H23N3/c16-14(10-13-6-2-1-3-7-13)8-4-5-9-15-11-17-12-18-15/h11-14H,1-3,5-7,9-10,16H2,(H,17,18)/t14-/m1/s1. The molecule has 98 valence electrons. The number of aryl methyl sites for hydroxylation is 1. The molecule has 1 fully saturated rings. The Kier molecular flexibility index (Phi) is 5.29. The molecule has 0 bridgehead atoms. The summed E-state index contributed by atoms with van der Waals surface area (Å²) in [5, 5.41) is 0. The lowest BCUT2D eigenvalue weighted by molar-refractivity contribution is 0.331. The first-order valence-electron chi connectivity index (χ1n) is 7.06. The minimum atomic E-state index is 0.0647. The van der Waals surface area contributed by atoms with Gasteiger partial charge in [-0.05, 0) is 18.8 Å². The number of nitrogens with zero attached hydrogens (tertiary/aromatic N) is 1. The molecule has 2 rings (SSSR count). The van der Waals surface area contributed by atoms with Crippen LogP contribution in [0.25, 0.3) is 0 Å². The Labute approximate surface area is 110 Å². The number of aromatic nitrogens is 2. The number of nitrogens with one attached hydrogen (secondary N) is 1. The van der Waals surface area contributed by atoms with Gasteiger partial charge in [0.1, 0.15) is 0 Å². The van der Waals surface area contributed by atoms with Crippen LogP contribution < -0.4 is 5.73 Å². The Morgan fingerprint density at radius 3 is 2.94 bits per heavy atom. The molecule has 0 amide bonds. The summed E-state index contributed by atoms with van der Waals surface area (Å²) in [6, 6.07) is 0.0647. The fraction of sp³-hybridized carbons (Fsp3) is 0.667. The maximum atomic E-state index is 6.07. The summed E-state index contributed by atoms with van der Waals surface area (Å²) in [4.78, 5) is 7.07. The quantitative estimate of drug-likeness (QED) is 0.801. The molecule has 3 heteroatoms. The molecule has 1 aromatic rings. The zero-order chi connectivity index (χ0) is 12.6. The summed E-state index contributed by atoms with van der Waals surface area (Å²) in [7, 11) is 0. The van der Waals surface area contributed by atoms with Gasteiger partial charge in [-0.15, -0.1) is 5.92 Å². The SMILES string of the molecule is N[C@H](C#CCCc1cnc[nH]1)CC1CCCCC1. The summed E-state index contributed by atoms with van der Waals surface area (Å²) >= 11 is 0. The third-order valence-electron chi connectivity index (χ3n) is 3.67. The van der Waals surface area contributed by atoms with Gasteiger partial charge in [-0.25, -0.2) is 4.98 Å². The van der Waals surface area contributed by atoms with E-state index in [1.54, 1.807) is 6.33 Å². The smallest absolute Gasteiger partial charge is 0.0921 e. The molecule has 3 N–H and O–H groups in total. The van der Waals surface area contributed by atoms with Crippen LogP contribution in [0.1, 0.15) is 50.6 Å². The third kappa shape index (κ3) is 4.54. The van der Waals surface area contributed by atoms with Gasteiger partial charge in [0.25, 0.3) is 0 Å². The molecule has 1 aromatic heterocycles. The Bertz CT molecular complexity index is 380. The van der Waals surface area contributed by atoms with Crippen molar-refractivity contribution in [3.63, 3.8) is 0 Å². The number of aromatic amines is 1. The molecule has 18 heavy (non-hydrogen) atoms. The molecule has 0 spiro atoms. The van der Waals surface area contributed by atoms with Crippen LogP contribution in [-0.2, 0) is 6.42 Å². The van der Waals surface area contributed by atoms with Crippen molar-refractivity contribution in [3.05, 3.63) is 18.2 Å². The van der Waals surface area contributed by atoms with E-state index in [4.69, 9.17) is 5.73 Å². The van der Waals surface area contributed by atoms with Crippen LogP contribution in [0.3, 0.4) is 0 Å². The zero-order valence-corrected chi connectivity index (χ0v) is 11.0. The van der Waals surface area contributed by atoms with E-state index in [1.165, 1.54) is 32.1 Å². The van der Waals surface area contributed by atoms with E-state index in [0.29, 0.717) is 0 Å². The largest absolute Gasteiger partial charge is 0.348 e. The number of hydrogen-bond donors (Lipinski definition) is 2. The van der Waals surface area contributed by atoms with Crippen molar-refractivity contribution in [3.8, 4) is 11.8 Å². The molecule has 1 heterocycles. The van der Waals surface area contributed by atoms with Crippen molar-refractivity contribution in [1.29, 1.82) is 0 Å². The average molecular weight is 245 g/mol. The number of rotatable bonds is 4. The Morgan fingerprint density at radius 1 is 1.39 bits per heavy atom. The summed E-state index contributed by atoms with van der Waals surface area (Å²) in [6.07, 6.45) is 13.3. The maximum absolute atomic E-state index is 6.07. The third-order valence-corrected chi connectivity index (χ3v) is 3.67. The number of hydrogen-bond acceptors (Lipinski definition) is 2. The monoisotopic (exact) mass is 245 g/mol. The van der Waals surface area contributed by atoms with Crippen LogP contribution in [-0.4, -0.2) is 16.0 Å². The molecular formula is C15H23N3. The lowest BCUT2D eigenvalue weighted by atomic mass is 9.85. The van der Waals surface area contributed by atoms with Gasteiger partial charge in [0.2, 0.25) is 0 Å². The van der Waals surface area contributed by atoms with E-state index in [-0.39, 0.29) is 6.04 Å². The molecule has 0 saturated heterocycles. The first-order valence-corrected chi connectivity index (χ1v) is 7.06. The van der Waals surface area contributed by atoms with Gasteiger partial charge in [0, 0.05) is 18.3 Å². The molecule has 3 nitrogen and oxygen atoms in total. The second kappa shape index (κ2) is 7.23. The van der Waals surface area contributed by atoms with E-state index in [2.05, 4.69) is 21.8 Å². The van der Waals surface area contributed by atoms with Gasteiger partial charge in [-0.1, -0.05) is 38.0 Å². The van der Waals surface area contributed by atoms with Crippen molar-refractivity contribution in [2.75, 3.05) is 0 Å². The van der Waals surface area contributed by atoms with Gasteiger partial charge >= 0.3 is 0 Å². The Balaban J connectivity index is 1.65. The van der Waals surface area contributed by atoms with Crippen LogP contribution in [0.4, 0.5) is 0 Å². The Morgan fingerprint density at radius 2 is 2.22 bits per heavy atom. The zero-order valence-electron chi connectivity index (χ0n) is 11.0. The summed E-state index contributed by atoms with van der Waals surface area (Å²) in [5.41, 5.74) is 7.21. The normalized spacial score (nSPS) is 18.1. The van der Waals surface area contributed by atoms with Crippen LogP contribution in [0, 0.1) is 17.8 Å². The van der Waals surface area contributed by atoms with Crippen molar-refractivity contribution >= 4 is 0 Å². The molecule has 0 aromatic carbocycles. The summed E-state index contributed by atoms with van der Waals surface area (Å²) in [5.74, 6) is 7.19. The van der Waals surface area contributed by atoms with E-state index < -0.39 is 0 Å². The number of nitrogens with two attached hydrogens (primary N) is 1. The molecule has 0 unspecified atom stereocenters. The number of imidazole rings is 1. The van der Waals surface area contributed by atoms with Gasteiger partial charge in [-0.2, -0.15) is 0 Å². The lowest BCUT2D eigenvalue weighted by Crippen LogP contribution is -2.23. The highest BCUT2D eigenvalue weighted by molar-refractivity contribution is 5.09. The van der Waals surface area contributed by atoms with Crippen LogP contribution in [0.15, 0.2) is 12.5 Å². The summed E-state index contributed by atoms with van der Waals surface area (Å²) < 4.78 is 0. The predicted octanol–water partition coefficient (Wildman–Crippen LogP) is 2.64. The van der Waals surface area contributed by atoms with Gasteiger partial charge in [0.15, 0.2) is 0 Å². The van der Waals surface area contributed by atoms with Crippen molar-refractivity contribution in [2.45, 2.75) is 57.4 Å². The second-order valence-corrected chi connectivity index (χ2v) is 5.24. The minimum Gasteiger partial charge on any atom is -0.348 e. The summed E-state index contributed by atoms with van der Waals surface area (Å²) in [6.45, 7) is 0. The molecule has 1 saturated carbocycles. The first kappa shape index (κ1) is 13.2. The highest BCUT2D eigenvalue weighted by Crippen LogP contribution is 2.26. The highest BCUT2D eigenvalue weighted by Gasteiger charge is 2.15. The van der Waals surface area contributed by atoms with Gasteiger partial charge in [-0.3, -0.25) is 0 Å². The average Bonchev–Trinajstić information content (AvgIpc) is 2.89. The fourth-order valence-electron chi connectivity index (χ4n) is 2.66. The van der Waals surface area contributed by atoms with Gasteiger partial charge < -0.3 is 10.7 Å². The van der Waals surface area contributed by atoms with Crippen molar-refractivity contribution in [1.82, 2.24) is 9.97 Å². The Hall–Kier alpha value is -1.27. The van der Waals surface area contributed by atoms with Crippen LogP contribution in [0.5, 0.6) is 0 Å². The number of H-pyrrole nitrogens is 1. The van der Waals surface area contributed by atoms with E-state index in [0.717, 1.165) is 30.9 Å². The van der Waals surface area contributed by atoms with E-state index in [1.807, 2.05) is 6.20 Å². The fourth-order valence-corrected chi connectivity index (χ4v) is 2.66. The maximum Gasteiger partial charge on any atom is 0.0921 e. The molecule has 1 aliphatic carbocycles. The topological polar surface area (TPSA) is 54.7 Å². The van der Waals surface area contributed by atoms with Gasteiger partial charge in [0.05, 0.1) is 12.4 Å². The molecule has 0 aliphatic heterocycles. The van der Waals surface area contributed by atoms with Crippen LogP contribution in [0.2, 0.25) is 0 Å². The lowest BCUT2D eigenvalue weighted by Gasteiger charge is -2.22. The second-order valence-electron chi connectivity index (χ2n) is 5.24. The minimum absolute atomic E-state index is 0.0647. The first-order chi connectivity index (χ1) is 8.84. The van der Waals surface area contributed by atoms with Crippen LogP contribution >= 0.6 is 0 Å². The van der Waals surface area contributed by atoms with E-state index >= 15 is 0 Å². The van der Waals surface area contributed by atoms with E-state index in [9.17, 15) is 0 Å². The molecule has 1 atom stereocenters. The molecule has 1 aliphatic rings.